The molecule has 9 nitrogen and oxygen atoms in total. The standard InChI is InChI=1S/C22H23FN2O7/c1-8(7-23)25-12-2-3-13(26)16-11(12)5-9-4-10-6-14(27)17(21(24)31)20(30)22(10,32)19(29)15(9)18(16)28/h2-3,8-10,15,17,25-26,32H,4-7H2,1H3,(H2,24,31)/t8?,9-,10+,15?,17?,22+/m1/s1. The van der Waals surface area contributed by atoms with Crippen molar-refractivity contribution in [3.8, 4) is 5.75 Å². The second-order valence-corrected chi connectivity index (χ2v) is 8.92. The van der Waals surface area contributed by atoms with Crippen molar-refractivity contribution in [1.29, 1.82) is 0 Å². The van der Waals surface area contributed by atoms with Crippen LogP contribution in [0.5, 0.6) is 5.75 Å². The van der Waals surface area contributed by atoms with Crippen molar-refractivity contribution in [2.75, 3.05) is 12.0 Å². The first-order valence-corrected chi connectivity index (χ1v) is 10.4. The zero-order valence-corrected chi connectivity index (χ0v) is 17.3. The summed E-state index contributed by atoms with van der Waals surface area (Å²) in [6.07, 6.45) is -0.244. The predicted molar refractivity (Wildman–Crippen MR) is 108 cm³/mol. The number of aromatic hydroxyl groups is 1. The number of aliphatic hydroxyl groups is 1. The Balaban J connectivity index is 1.78. The van der Waals surface area contributed by atoms with Crippen molar-refractivity contribution in [3.63, 3.8) is 0 Å². The van der Waals surface area contributed by atoms with E-state index >= 15 is 0 Å². The van der Waals surface area contributed by atoms with E-state index in [1.54, 1.807) is 6.92 Å². The Bertz CT molecular complexity index is 1070. The molecule has 2 fully saturated rings. The number of anilines is 1. The van der Waals surface area contributed by atoms with Crippen LogP contribution >= 0.6 is 0 Å². The highest BCUT2D eigenvalue weighted by molar-refractivity contribution is 6.31. The Hall–Kier alpha value is -3.14. The number of carbonyl (C=O) groups excluding carboxylic acids is 5. The molecule has 1 amide bonds. The van der Waals surface area contributed by atoms with E-state index in [4.69, 9.17) is 5.73 Å². The smallest absolute Gasteiger partial charge is 0.235 e. The lowest BCUT2D eigenvalue weighted by molar-refractivity contribution is -0.175. The minimum atomic E-state index is -2.67. The molecule has 3 unspecified atom stereocenters. The van der Waals surface area contributed by atoms with E-state index < -0.39 is 77.5 Å². The maximum Gasteiger partial charge on any atom is 0.235 e. The number of alkyl halides is 1. The number of ketones is 4. The fraction of sp³-hybridized carbons (Fsp3) is 0.500. The molecule has 3 aliphatic rings. The fourth-order valence-electron chi connectivity index (χ4n) is 5.41. The summed E-state index contributed by atoms with van der Waals surface area (Å²) in [7, 11) is 0. The van der Waals surface area contributed by atoms with Crippen molar-refractivity contribution < 1.29 is 38.6 Å². The SMILES string of the molecule is CC(CF)Nc1ccc(O)c2c1C[C@H]1C[C@H]3CC(=O)C(C(N)=O)C(=O)[C@@]3(O)C(=O)C1C2=O. The van der Waals surface area contributed by atoms with Gasteiger partial charge in [0, 0.05) is 18.0 Å². The van der Waals surface area contributed by atoms with Crippen molar-refractivity contribution in [2.45, 2.75) is 37.8 Å². The number of nitrogens with two attached hydrogens (primary N) is 1. The molecule has 5 N–H and O–H groups in total. The molecular weight excluding hydrogens is 423 g/mol. The van der Waals surface area contributed by atoms with Gasteiger partial charge in [-0.2, -0.15) is 0 Å². The number of rotatable bonds is 4. The van der Waals surface area contributed by atoms with Gasteiger partial charge in [-0.15, -0.1) is 0 Å². The monoisotopic (exact) mass is 446 g/mol. The molecule has 0 heterocycles. The van der Waals surface area contributed by atoms with E-state index in [9.17, 15) is 38.6 Å². The van der Waals surface area contributed by atoms with Gasteiger partial charge in [0.05, 0.1) is 17.5 Å². The van der Waals surface area contributed by atoms with Crippen LogP contribution < -0.4 is 11.1 Å². The molecule has 0 aromatic heterocycles. The largest absolute Gasteiger partial charge is 0.507 e. The quantitative estimate of drug-likeness (QED) is 0.373. The van der Waals surface area contributed by atoms with Crippen molar-refractivity contribution in [2.24, 2.45) is 29.4 Å². The van der Waals surface area contributed by atoms with Crippen LogP contribution in [0.1, 0.15) is 35.7 Å². The summed E-state index contributed by atoms with van der Waals surface area (Å²) < 4.78 is 13.0. The predicted octanol–water partition coefficient (Wildman–Crippen LogP) is 0.0968. The summed E-state index contributed by atoms with van der Waals surface area (Å²) in [5.74, 6) is -10.6. The lowest BCUT2D eigenvalue weighted by Crippen LogP contribution is -2.68. The average Bonchev–Trinajstić information content (AvgIpc) is 2.72. The molecule has 0 radical (unpaired) electrons. The Morgan fingerprint density at radius 1 is 1.25 bits per heavy atom. The van der Waals surface area contributed by atoms with E-state index in [-0.39, 0.29) is 24.2 Å². The molecule has 1 aromatic rings. The topological polar surface area (TPSA) is 164 Å². The van der Waals surface area contributed by atoms with Crippen molar-refractivity contribution in [1.82, 2.24) is 0 Å². The number of primary amides is 1. The second-order valence-electron chi connectivity index (χ2n) is 8.92. The number of halogens is 1. The van der Waals surface area contributed by atoms with Crippen LogP contribution in [0.2, 0.25) is 0 Å². The maximum absolute atomic E-state index is 13.3. The molecule has 6 atom stereocenters. The number of phenolic OH excluding ortho intramolecular Hbond substituents is 1. The van der Waals surface area contributed by atoms with E-state index in [0.29, 0.717) is 11.3 Å². The maximum atomic E-state index is 13.3. The summed E-state index contributed by atoms with van der Waals surface area (Å²) in [5.41, 5.74) is 3.21. The first-order valence-electron chi connectivity index (χ1n) is 10.4. The van der Waals surface area contributed by atoms with Gasteiger partial charge in [0.15, 0.2) is 34.7 Å². The van der Waals surface area contributed by atoms with Crippen molar-refractivity contribution >= 4 is 34.7 Å². The minimum Gasteiger partial charge on any atom is -0.507 e. The van der Waals surface area contributed by atoms with Gasteiger partial charge in [0.1, 0.15) is 12.4 Å². The molecule has 0 spiro atoms. The number of hydrogen-bond acceptors (Lipinski definition) is 8. The second kappa shape index (κ2) is 7.47. The number of phenols is 1. The first kappa shape index (κ1) is 22.1. The average molecular weight is 446 g/mol. The zero-order valence-electron chi connectivity index (χ0n) is 17.3. The molecule has 0 bridgehead atoms. The van der Waals surface area contributed by atoms with E-state index in [2.05, 4.69) is 5.32 Å². The van der Waals surface area contributed by atoms with Gasteiger partial charge < -0.3 is 21.3 Å². The molecule has 10 heteroatoms. The summed E-state index contributed by atoms with van der Waals surface area (Å²) in [4.78, 5) is 63.5. The minimum absolute atomic E-state index is 0.00874. The Kier molecular flexibility index (Phi) is 5.15. The highest BCUT2D eigenvalue weighted by atomic mass is 19.1. The first-order chi connectivity index (χ1) is 15.0. The Morgan fingerprint density at radius 2 is 1.94 bits per heavy atom. The molecule has 32 heavy (non-hydrogen) atoms. The third-order valence-electron chi connectivity index (χ3n) is 6.92. The van der Waals surface area contributed by atoms with Gasteiger partial charge in [-0.1, -0.05) is 0 Å². The number of hydrogen-bond donors (Lipinski definition) is 4. The molecule has 3 aliphatic carbocycles. The molecule has 4 rings (SSSR count). The van der Waals surface area contributed by atoms with E-state index in [0.717, 1.165) is 0 Å². The third-order valence-corrected chi connectivity index (χ3v) is 6.92. The number of amides is 1. The van der Waals surface area contributed by atoms with Gasteiger partial charge in [-0.05, 0) is 43.4 Å². The number of carbonyl (C=O) groups is 5. The van der Waals surface area contributed by atoms with Gasteiger partial charge in [-0.25, -0.2) is 4.39 Å². The van der Waals surface area contributed by atoms with Crippen LogP contribution in [0.15, 0.2) is 12.1 Å². The fourth-order valence-corrected chi connectivity index (χ4v) is 5.41. The van der Waals surface area contributed by atoms with Crippen LogP contribution in [-0.2, 0) is 25.6 Å². The third kappa shape index (κ3) is 2.96. The van der Waals surface area contributed by atoms with Crippen LogP contribution in [-0.4, -0.2) is 57.6 Å². The van der Waals surface area contributed by atoms with Gasteiger partial charge >= 0.3 is 0 Å². The normalized spacial score (nSPS) is 32.6. The van der Waals surface area contributed by atoms with Crippen LogP contribution in [0.25, 0.3) is 0 Å². The van der Waals surface area contributed by atoms with E-state index in [1.807, 2.05) is 0 Å². The highest BCUT2D eigenvalue weighted by Gasteiger charge is 2.66. The van der Waals surface area contributed by atoms with Crippen LogP contribution in [0.4, 0.5) is 10.1 Å². The van der Waals surface area contributed by atoms with Gasteiger partial charge in [-0.3, -0.25) is 24.0 Å². The number of fused-ring (bicyclic) bond motifs is 3. The van der Waals surface area contributed by atoms with E-state index in [1.165, 1.54) is 12.1 Å². The number of benzene rings is 1. The van der Waals surface area contributed by atoms with Gasteiger partial charge in [0.2, 0.25) is 5.91 Å². The summed E-state index contributed by atoms with van der Waals surface area (Å²) >= 11 is 0. The molecule has 0 saturated heterocycles. The Morgan fingerprint density at radius 3 is 2.56 bits per heavy atom. The summed E-state index contributed by atoms with van der Waals surface area (Å²) in [6, 6.07) is 2.21. The van der Waals surface area contributed by atoms with Crippen LogP contribution in [0, 0.1) is 23.7 Å². The molecule has 1 aromatic carbocycles. The number of Topliss-reactive ketones (excluding diaryl/α,β-unsaturated/α-hetero) is 4. The molecule has 170 valence electrons. The van der Waals surface area contributed by atoms with Crippen molar-refractivity contribution in [3.05, 3.63) is 23.3 Å². The van der Waals surface area contributed by atoms with Gasteiger partial charge in [0.25, 0.3) is 0 Å². The molecule has 0 aliphatic heterocycles. The zero-order chi connectivity index (χ0) is 23.5. The summed E-state index contributed by atoms with van der Waals surface area (Å²) in [5, 5.41) is 24.4. The lowest BCUT2D eigenvalue weighted by Gasteiger charge is -2.48. The molecular formula is C22H23FN2O7. The lowest BCUT2D eigenvalue weighted by atomic mass is 9.54. The highest BCUT2D eigenvalue weighted by Crippen LogP contribution is 2.50. The van der Waals surface area contributed by atoms with Crippen LogP contribution in [0.3, 0.4) is 0 Å². The number of nitrogens with one attached hydrogen (secondary N) is 1. The summed E-state index contributed by atoms with van der Waals surface area (Å²) in [6.45, 7) is 0.930. The Labute approximate surface area is 182 Å². The molecule has 2 saturated carbocycles.